The second kappa shape index (κ2) is 5.22. The van der Waals surface area contributed by atoms with Crippen molar-refractivity contribution in [2.45, 2.75) is 6.61 Å². The van der Waals surface area contributed by atoms with Gasteiger partial charge in [-0.1, -0.05) is 12.1 Å². The standard InChI is InChI=1S/C14H12N4O3/c19-6-8-2-1-3-9(4-8)18-13(20)10-5-15-12-11(10)14(21)17-7-16-12/h1-5,7,19H,6H2,(H,18,20)(H2,15,16,17,21). The Morgan fingerprint density at radius 2 is 2.19 bits per heavy atom. The monoisotopic (exact) mass is 284 g/mol. The number of aliphatic hydroxyl groups is 1. The third kappa shape index (κ3) is 2.41. The highest BCUT2D eigenvalue weighted by molar-refractivity contribution is 6.12. The van der Waals surface area contributed by atoms with Crippen LogP contribution in [0.1, 0.15) is 15.9 Å². The van der Waals surface area contributed by atoms with E-state index in [0.717, 1.165) is 0 Å². The van der Waals surface area contributed by atoms with Gasteiger partial charge in [-0.3, -0.25) is 9.59 Å². The summed E-state index contributed by atoms with van der Waals surface area (Å²) in [5, 5.41) is 12.0. The van der Waals surface area contributed by atoms with Crippen LogP contribution in [0.5, 0.6) is 0 Å². The Bertz CT molecular complexity index is 866. The molecule has 21 heavy (non-hydrogen) atoms. The minimum atomic E-state index is -0.421. The number of benzene rings is 1. The summed E-state index contributed by atoms with van der Waals surface area (Å²) in [5.41, 5.74) is 1.42. The van der Waals surface area contributed by atoms with Crippen LogP contribution in [0, 0.1) is 0 Å². The summed E-state index contributed by atoms with van der Waals surface area (Å²) >= 11 is 0. The third-order valence-corrected chi connectivity index (χ3v) is 3.09. The van der Waals surface area contributed by atoms with Gasteiger partial charge in [-0.05, 0) is 17.7 Å². The molecule has 0 fully saturated rings. The molecule has 0 unspecified atom stereocenters. The average molecular weight is 284 g/mol. The minimum Gasteiger partial charge on any atom is -0.392 e. The van der Waals surface area contributed by atoms with E-state index in [1.165, 1.54) is 12.5 Å². The van der Waals surface area contributed by atoms with E-state index in [4.69, 9.17) is 5.11 Å². The molecule has 0 saturated heterocycles. The highest BCUT2D eigenvalue weighted by atomic mass is 16.3. The van der Waals surface area contributed by atoms with Gasteiger partial charge in [-0.2, -0.15) is 0 Å². The number of carbonyl (C=O) groups is 1. The largest absolute Gasteiger partial charge is 0.392 e. The maximum atomic E-state index is 12.3. The van der Waals surface area contributed by atoms with Crippen molar-refractivity contribution in [3.05, 3.63) is 58.3 Å². The van der Waals surface area contributed by atoms with E-state index >= 15 is 0 Å². The van der Waals surface area contributed by atoms with Crippen molar-refractivity contribution in [1.29, 1.82) is 0 Å². The molecule has 1 amide bonds. The van der Waals surface area contributed by atoms with Gasteiger partial charge in [-0.15, -0.1) is 0 Å². The normalized spacial score (nSPS) is 10.7. The van der Waals surface area contributed by atoms with E-state index in [0.29, 0.717) is 16.9 Å². The predicted octanol–water partition coefficient (Wildman–Crippen LogP) is 0.996. The van der Waals surface area contributed by atoms with Gasteiger partial charge in [-0.25, -0.2) is 4.98 Å². The van der Waals surface area contributed by atoms with E-state index in [1.54, 1.807) is 24.3 Å². The SMILES string of the molecule is O=C(Nc1cccc(CO)c1)c1c[nH]c2nc[nH]c(=O)c12. The number of rotatable bonds is 3. The van der Waals surface area contributed by atoms with Crippen LogP contribution in [-0.4, -0.2) is 26.0 Å². The van der Waals surface area contributed by atoms with Crippen LogP contribution in [0.4, 0.5) is 5.69 Å². The van der Waals surface area contributed by atoms with Gasteiger partial charge >= 0.3 is 0 Å². The number of fused-ring (bicyclic) bond motifs is 1. The van der Waals surface area contributed by atoms with Gasteiger partial charge in [0, 0.05) is 11.9 Å². The van der Waals surface area contributed by atoms with E-state index in [1.807, 2.05) is 0 Å². The van der Waals surface area contributed by atoms with Crippen LogP contribution in [0.15, 0.2) is 41.6 Å². The molecule has 0 radical (unpaired) electrons. The Hall–Kier alpha value is -2.93. The average Bonchev–Trinajstić information content (AvgIpc) is 2.93. The number of H-pyrrole nitrogens is 2. The molecule has 7 nitrogen and oxygen atoms in total. The second-order valence-electron chi connectivity index (χ2n) is 4.47. The Labute approximate surface area is 118 Å². The van der Waals surface area contributed by atoms with Gasteiger partial charge in [0.25, 0.3) is 11.5 Å². The van der Waals surface area contributed by atoms with Crippen molar-refractivity contribution < 1.29 is 9.90 Å². The molecule has 7 heteroatoms. The highest BCUT2D eigenvalue weighted by Gasteiger charge is 2.15. The molecule has 0 bridgehead atoms. The van der Waals surface area contributed by atoms with E-state index < -0.39 is 5.91 Å². The van der Waals surface area contributed by atoms with E-state index in [9.17, 15) is 9.59 Å². The third-order valence-electron chi connectivity index (χ3n) is 3.09. The molecule has 0 saturated carbocycles. The summed E-state index contributed by atoms with van der Waals surface area (Å²) in [4.78, 5) is 33.2. The first-order chi connectivity index (χ1) is 10.2. The smallest absolute Gasteiger partial charge is 0.261 e. The topological polar surface area (TPSA) is 111 Å². The molecule has 0 aliphatic rings. The summed E-state index contributed by atoms with van der Waals surface area (Å²) < 4.78 is 0. The van der Waals surface area contributed by atoms with Crippen LogP contribution in [-0.2, 0) is 6.61 Å². The minimum absolute atomic E-state index is 0.111. The fourth-order valence-corrected chi connectivity index (χ4v) is 2.10. The lowest BCUT2D eigenvalue weighted by molar-refractivity contribution is 0.102. The first kappa shape index (κ1) is 13.1. The number of hydrogen-bond donors (Lipinski definition) is 4. The first-order valence-electron chi connectivity index (χ1n) is 6.25. The van der Waals surface area contributed by atoms with Gasteiger partial charge in [0.1, 0.15) is 5.65 Å². The number of aromatic amines is 2. The van der Waals surface area contributed by atoms with Crippen LogP contribution in [0.3, 0.4) is 0 Å². The highest BCUT2D eigenvalue weighted by Crippen LogP contribution is 2.15. The van der Waals surface area contributed by atoms with Gasteiger partial charge in [0.15, 0.2) is 0 Å². The molecule has 0 spiro atoms. The number of hydrogen-bond acceptors (Lipinski definition) is 4. The van der Waals surface area contributed by atoms with Gasteiger partial charge in [0.2, 0.25) is 0 Å². The van der Waals surface area contributed by atoms with Crippen LogP contribution >= 0.6 is 0 Å². The molecule has 2 heterocycles. The second-order valence-corrected chi connectivity index (χ2v) is 4.47. The van der Waals surface area contributed by atoms with Gasteiger partial charge in [0.05, 0.1) is 23.9 Å². The fraction of sp³-hybridized carbons (Fsp3) is 0.0714. The number of aromatic nitrogens is 3. The molecular formula is C14H12N4O3. The maximum absolute atomic E-state index is 12.3. The molecule has 2 aromatic heterocycles. The maximum Gasteiger partial charge on any atom is 0.261 e. The van der Waals surface area contributed by atoms with Crippen molar-refractivity contribution in [1.82, 2.24) is 15.0 Å². The van der Waals surface area contributed by atoms with E-state index in [2.05, 4.69) is 20.3 Å². The van der Waals surface area contributed by atoms with Crippen LogP contribution < -0.4 is 10.9 Å². The zero-order valence-corrected chi connectivity index (χ0v) is 10.9. The van der Waals surface area contributed by atoms with E-state index in [-0.39, 0.29) is 23.1 Å². The van der Waals surface area contributed by atoms with Crippen LogP contribution in [0.25, 0.3) is 11.0 Å². The zero-order valence-electron chi connectivity index (χ0n) is 10.9. The lowest BCUT2D eigenvalue weighted by Crippen LogP contribution is -2.15. The van der Waals surface area contributed by atoms with Gasteiger partial charge < -0.3 is 20.4 Å². The fourth-order valence-electron chi connectivity index (χ4n) is 2.10. The number of aliphatic hydroxyl groups excluding tert-OH is 1. The first-order valence-corrected chi connectivity index (χ1v) is 6.25. The summed E-state index contributed by atoms with van der Waals surface area (Å²) in [5.74, 6) is -0.421. The Morgan fingerprint density at radius 1 is 1.33 bits per heavy atom. The molecular weight excluding hydrogens is 272 g/mol. The summed E-state index contributed by atoms with van der Waals surface area (Å²) in [6.45, 7) is -0.111. The lowest BCUT2D eigenvalue weighted by atomic mass is 10.2. The number of nitrogens with one attached hydrogen (secondary N) is 3. The van der Waals surface area contributed by atoms with Crippen molar-refractivity contribution in [3.8, 4) is 0 Å². The lowest BCUT2D eigenvalue weighted by Gasteiger charge is -2.05. The zero-order chi connectivity index (χ0) is 14.8. The molecule has 0 atom stereocenters. The Morgan fingerprint density at radius 3 is 3.00 bits per heavy atom. The molecule has 0 aliphatic heterocycles. The number of nitrogens with zero attached hydrogens (tertiary/aromatic N) is 1. The summed E-state index contributed by atoms with van der Waals surface area (Å²) in [6.07, 6.45) is 2.71. The Balaban J connectivity index is 1.96. The summed E-state index contributed by atoms with van der Waals surface area (Å²) in [6, 6.07) is 6.84. The Kier molecular flexibility index (Phi) is 3.25. The summed E-state index contributed by atoms with van der Waals surface area (Å²) in [7, 11) is 0. The number of amides is 1. The number of anilines is 1. The van der Waals surface area contributed by atoms with Crippen LogP contribution in [0.2, 0.25) is 0 Å². The molecule has 0 aliphatic carbocycles. The van der Waals surface area contributed by atoms with Crippen molar-refractivity contribution in [3.63, 3.8) is 0 Å². The molecule has 3 rings (SSSR count). The predicted molar refractivity (Wildman–Crippen MR) is 77.0 cm³/mol. The molecule has 3 aromatic rings. The molecule has 4 N–H and O–H groups in total. The molecule has 106 valence electrons. The quantitative estimate of drug-likeness (QED) is 0.575. The van der Waals surface area contributed by atoms with Crippen molar-refractivity contribution >= 4 is 22.6 Å². The van der Waals surface area contributed by atoms with Crippen molar-refractivity contribution in [2.75, 3.05) is 5.32 Å². The molecule has 1 aromatic carbocycles. The number of carbonyl (C=O) groups excluding carboxylic acids is 1. The van der Waals surface area contributed by atoms with Crippen molar-refractivity contribution in [2.24, 2.45) is 0 Å².